The molecule has 3 heterocycles. The molecule has 1 aliphatic rings. The van der Waals surface area contributed by atoms with Crippen molar-refractivity contribution >= 4 is 28.4 Å². The summed E-state index contributed by atoms with van der Waals surface area (Å²) in [7, 11) is 2.06. The summed E-state index contributed by atoms with van der Waals surface area (Å²) in [5, 5.41) is 1.40. The van der Waals surface area contributed by atoms with E-state index in [2.05, 4.69) is 21.9 Å². The average Bonchev–Trinajstić information content (AvgIpc) is 3.35. The molecule has 4 rings (SSSR count). The van der Waals surface area contributed by atoms with Crippen molar-refractivity contribution in [2.24, 2.45) is 0 Å². The van der Waals surface area contributed by atoms with Crippen molar-refractivity contribution in [2.45, 2.75) is 25.9 Å². The normalized spacial score (nSPS) is 17.5. The number of hydrogen-bond acceptors (Lipinski definition) is 4. The first-order valence-corrected chi connectivity index (χ1v) is 9.06. The fraction of sp³-hybridized carbons (Fsp3) is 0.368. The van der Waals surface area contributed by atoms with E-state index >= 15 is 0 Å². The van der Waals surface area contributed by atoms with Gasteiger partial charge in [-0.25, -0.2) is 4.98 Å². The van der Waals surface area contributed by atoms with Crippen LogP contribution in [0.5, 0.6) is 0 Å². The number of nitrogens with one attached hydrogen (secondary N) is 1. The maximum absolute atomic E-state index is 13.0. The van der Waals surface area contributed by atoms with Gasteiger partial charge >= 0.3 is 0 Å². The number of likely N-dealkylation sites (N-methyl/N-ethyl adjacent to an activating group) is 1. The van der Waals surface area contributed by atoms with Gasteiger partial charge in [0.2, 0.25) is 0 Å². The molecular formula is C19H21ClN4O2. The molecule has 0 radical (unpaired) electrons. The second-order valence-corrected chi connectivity index (χ2v) is 7.24. The fourth-order valence-electron chi connectivity index (χ4n) is 3.61. The van der Waals surface area contributed by atoms with Crippen LogP contribution in [0.1, 0.15) is 28.2 Å². The largest absolute Gasteiger partial charge is 0.448 e. The van der Waals surface area contributed by atoms with Crippen molar-refractivity contribution in [3.63, 3.8) is 0 Å². The minimum atomic E-state index is 0.0258. The van der Waals surface area contributed by atoms with Crippen LogP contribution in [0.15, 0.2) is 35.2 Å². The van der Waals surface area contributed by atoms with Crippen LogP contribution in [0, 0.1) is 6.92 Å². The Hall–Kier alpha value is -2.31. The van der Waals surface area contributed by atoms with Crippen molar-refractivity contribution in [1.29, 1.82) is 0 Å². The van der Waals surface area contributed by atoms with Gasteiger partial charge in [-0.1, -0.05) is 17.7 Å². The number of carbonyl (C=O) groups excluding carboxylic acids is 1. The van der Waals surface area contributed by atoms with Gasteiger partial charge in [-0.05, 0) is 32.5 Å². The zero-order valence-corrected chi connectivity index (χ0v) is 15.6. The molecule has 3 aromatic rings. The van der Waals surface area contributed by atoms with Gasteiger partial charge in [0.25, 0.3) is 5.91 Å². The molecule has 0 aliphatic carbocycles. The predicted octanol–water partition coefficient (Wildman–Crippen LogP) is 3.46. The van der Waals surface area contributed by atoms with Gasteiger partial charge in [0.1, 0.15) is 5.76 Å². The summed E-state index contributed by atoms with van der Waals surface area (Å²) in [5.41, 5.74) is 2.47. The lowest BCUT2D eigenvalue weighted by Gasteiger charge is -2.24. The van der Waals surface area contributed by atoms with Crippen molar-refractivity contribution in [2.75, 3.05) is 20.1 Å². The number of rotatable bonds is 4. The van der Waals surface area contributed by atoms with Crippen LogP contribution < -0.4 is 0 Å². The monoisotopic (exact) mass is 372 g/mol. The molecule has 6 nitrogen and oxygen atoms in total. The minimum Gasteiger partial charge on any atom is -0.448 e. The highest BCUT2D eigenvalue weighted by Gasteiger charge is 2.31. The van der Waals surface area contributed by atoms with Crippen molar-refractivity contribution in [3.8, 4) is 0 Å². The van der Waals surface area contributed by atoms with E-state index in [9.17, 15) is 4.79 Å². The molecule has 1 saturated heterocycles. The average molecular weight is 373 g/mol. The third-order valence-electron chi connectivity index (χ3n) is 5.20. The zero-order valence-electron chi connectivity index (χ0n) is 14.8. The summed E-state index contributed by atoms with van der Waals surface area (Å²) < 4.78 is 5.27. The molecule has 0 bridgehead atoms. The number of amides is 1. The first-order chi connectivity index (χ1) is 12.5. The number of aromatic nitrogens is 2. The molecular weight excluding hydrogens is 352 g/mol. The van der Waals surface area contributed by atoms with Gasteiger partial charge in [-0.2, -0.15) is 0 Å². The number of benzene rings is 1. The number of H-pyrrole nitrogens is 1. The lowest BCUT2D eigenvalue weighted by molar-refractivity contribution is 0.0781. The fourth-order valence-corrected chi connectivity index (χ4v) is 3.89. The smallest absolute Gasteiger partial charge is 0.256 e. The molecule has 1 fully saturated rings. The third kappa shape index (κ3) is 2.99. The Labute approximate surface area is 156 Å². The van der Waals surface area contributed by atoms with Gasteiger partial charge in [-0.15, -0.1) is 0 Å². The summed E-state index contributed by atoms with van der Waals surface area (Å²) in [6, 6.07) is 5.92. The second kappa shape index (κ2) is 6.78. The Morgan fingerprint density at radius 3 is 3.12 bits per heavy atom. The Balaban J connectivity index is 1.48. The Morgan fingerprint density at radius 1 is 1.50 bits per heavy atom. The molecule has 1 atom stereocenters. The number of hydrogen-bond donors (Lipinski definition) is 1. The number of carbonyl (C=O) groups is 1. The lowest BCUT2D eigenvalue weighted by Crippen LogP contribution is -2.36. The topological polar surface area (TPSA) is 65.4 Å². The molecule has 1 aliphatic heterocycles. The van der Waals surface area contributed by atoms with Crippen LogP contribution in [0.3, 0.4) is 0 Å². The molecule has 136 valence electrons. The summed E-state index contributed by atoms with van der Waals surface area (Å²) in [5.74, 6) is 0.870. The summed E-state index contributed by atoms with van der Waals surface area (Å²) in [6.45, 7) is 4.07. The Kier molecular flexibility index (Phi) is 4.46. The highest BCUT2D eigenvalue weighted by atomic mass is 35.5. The van der Waals surface area contributed by atoms with E-state index in [-0.39, 0.29) is 5.91 Å². The van der Waals surface area contributed by atoms with Crippen LogP contribution in [-0.4, -0.2) is 51.9 Å². The third-order valence-corrected chi connectivity index (χ3v) is 5.52. The Morgan fingerprint density at radius 2 is 2.35 bits per heavy atom. The number of nitrogens with zero attached hydrogens (tertiary/aromatic N) is 3. The van der Waals surface area contributed by atoms with E-state index < -0.39 is 0 Å². The van der Waals surface area contributed by atoms with Crippen molar-refractivity contribution in [3.05, 3.63) is 52.8 Å². The molecule has 1 N–H and O–H groups in total. The molecule has 1 unspecified atom stereocenters. The molecule has 26 heavy (non-hydrogen) atoms. The predicted molar refractivity (Wildman–Crippen MR) is 100 cm³/mol. The van der Waals surface area contributed by atoms with E-state index in [1.165, 1.54) is 6.39 Å². The van der Waals surface area contributed by atoms with Crippen LogP contribution in [0.25, 0.3) is 10.9 Å². The van der Waals surface area contributed by atoms with Gasteiger partial charge in [0.05, 0.1) is 16.3 Å². The number of oxazole rings is 1. The van der Waals surface area contributed by atoms with Crippen LogP contribution in [0.4, 0.5) is 0 Å². The molecule has 0 spiro atoms. The second-order valence-electron chi connectivity index (χ2n) is 6.83. The lowest BCUT2D eigenvalue weighted by atomic mass is 10.1. The maximum atomic E-state index is 13.0. The van der Waals surface area contributed by atoms with E-state index in [1.807, 2.05) is 30.0 Å². The van der Waals surface area contributed by atoms with Crippen LogP contribution >= 0.6 is 11.6 Å². The molecule has 0 saturated carbocycles. The highest BCUT2D eigenvalue weighted by Crippen LogP contribution is 2.28. The molecule has 1 amide bonds. The van der Waals surface area contributed by atoms with Gasteiger partial charge in [0.15, 0.2) is 6.39 Å². The summed E-state index contributed by atoms with van der Waals surface area (Å²) in [4.78, 5) is 24.6. The first kappa shape index (κ1) is 17.1. The summed E-state index contributed by atoms with van der Waals surface area (Å²) in [6.07, 6.45) is 4.17. The molecule has 1 aromatic carbocycles. The first-order valence-electron chi connectivity index (χ1n) is 8.68. The van der Waals surface area contributed by atoms with E-state index in [0.717, 1.165) is 35.3 Å². The van der Waals surface area contributed by atoms with Crippen LogP contribution in [0.2, 0.25) is 5.02 Å². The Bertz CT molecular complexity index is 948. The maximum Gasteiger partial charge on any atom is 0.256 e. The van der Waals surface area contributed by atoms with E-state index in [1.54, 1.807) is 6.20 Å². The van der Waals surface area contributed by atoms with Crippen molar-refractivity contribution in [1.82, 2.24) is 19.8 Å². The van der Waals surface area contributed by atoms with E-state index in [0.29, 0.717) is 29.7 Å². The van der Waals surface area contributed by atoms with Gasteiger partial charge in [0, 0.05) is 42.8 Å². The van der Waals surface area contributed by atoms with E-state index in [4.69, 9.17) is 16.0 Å². The van der Waals surface area contributed by atoms with Gasteiger partial charge in [-0.3, -0.25) is 9.69 Å². The standard InChI is InChI=1S/C19H21ClN4O2/c1-12-17(22-11-26-12)10-23(2)13-6-7-24(9-13)19(25)14-8-21-16-5-3-4-15(20)18(14)16/h3-5,8,11,13,21H,6-7,9-10H2,1-2H3. The highest BCUT2D eigenvalue weighted by molar-refractivity contribution is 6.36. The number of aryl methyl sites for hydroxylation is 1. The molecule has 7 heteroatoms. The summed E-state index contributed by atoms with van der Waals surface area (Å²) >= 11 is 6.31. The number of aromatic amines is 1. The molecule has 2 aromatic heterocycles. The van der Waals surface area contributed by atoms with Crippen LogP contribution in [-0.2, 0) is 6.54 Å². The van der Waals surface area contributed by atoms with Gasteiger partial charge < -0.3 is 14.3 Å². The number of likely N-dealkylation sites (tertiary alicyclic amines) is 1. The minimum absolute atomic E-state index is 0.0258. The SMILES string of the molecule is Cc1ocnc1CN(C)C1CCN(C(=O)c2c[nH]c3cccc(Cl)c23)C1. The number of halogens is 1. The zero-order chi connectivity index (χ0) is 18.3. The number of fused-ring (bicyclic) bond motifs is 1. The van der Waals surface area contributed by atoms with Crippen molar-refractivity contribution < 1.29 is 9.21 Å². The quantitative estimate of drug-likeness (QED) is 0.761.